The third-order valence-electron chi connectivity index (χ3n) is 4.06. The summed E-state index contributed by atoms with van der Waals surface area (Å²) in [4.78, 5) is 0. The van der Waals surface area contributed by atoms with Crippen molar-refractivity contribution >= 4 is 21.6 Å². The van der Waals surface area contributed by atoms with Gasteiger partial charge >= 0.3 is 0 Å². The molecule has 0 fully saturated rings. The zero-order valence-electron chi connectivity index (χ0n) is 12.0. The van der Waals surface area contributed by atoms with E-state index in [-0.39, 0.29) is 0 Å². The van der Waals surface area contributed by atoms with Crippen molar-refractivity contribution in [3.05, 3.63) is 45.2 Å². The Labute approximate surface area is 128 Å². The van der Waals surface area contributed by atoms with Gasteiger partial charge in [0.15, 0.2) is 0 Å². The molecular weight excluding hydrogens is 314 g/mol. The van der Waals surface area contributed by atoms with Gasteiger partial charge in [0.05, 0.1) is 22.4 Å². The molecule has 1 heterocycles. The third-order valence-corrected chi connectivity index (χ3v) is 4.98. The molecule has 3 rings (SSSR count). The zero-order valence-corrected chi connectivity index (χ0v) is 13.6. The first kappa shape index (κ1) is 13.7. The Morgan fingerprint density at radius 3 is 2.85 bits per heavy atom. The fraction of sp³-hybridized carbons (Fsp3) is 0.438. The standard InChI is InChI=1S/C16H20BrN3/c1-3-14-16(17)15(20(2)19-14)10-18-13-8-7-11-5-4-6-12(11)9-13/h7-9,18H,3-6,10H2,1-2H3. The summed E-state index contributed by atoms with van der Waals surface area (Å²) in [6.07, 6.45) is 4.71. The molecule has 0 saturated carbocycles. The second-order valence-corrected chi connectivity index (χ2v) is 6.17. The maximum atomic E-state index is 4.53. The first-order chi connectivity index (χ1) is 9.69. The Hall–Kier alpha value is -1.29. The second kappa shape index (κ2) is 5.60. The molecule has 0 amide bonds. The van der Waals surface area contributed by atoms with Crippen LogP contribution in [0.15, 0.2) is 22.7 Å². The molecule has 1 aromatic carbocycles. The summed E-state index contributed by atoms with van der Waals surface area (Å²) in [6, 6.07) is 6.75. The number of fused-ring (bicyclic) bond motifs is 1. The number of halogens is 1. The second-order valence-electron chi connectivity index (χ2n) is 5.38. The number of hydrogen-bond acceptors (Lipinski definition) is 2. The topological polar surface area (TPSA) is 29.9 Å². The Kier molecular flexibility index (Phi) is 3.83. The van der Waals surface area contributed by atoms with Crippen molar-refractivity contribution in [1.29, 1.82) is 0 Å². The van der Waals surface area contributed by atoms with Gasteiger partial charge in [-0.25, -0.2) is 0 Å². The molecule has 20 heavy (non-hydrogen) atoms. The Morgan fingerprint density at radius 1 is 1.30 bits per heavy atom. The number of nitrogens with zero attached hydrogens (tertiary/aromatic N) is 2. The number of rotatable bonds is 4. The highest BCUT2D eigenvalue weighted by atomic mass is 79.9. The van der Waals surface area contributed by atoms with Crippen molar-refractivity contribution in [3.63, 3.8) is 0 Å². The molecule has 1 aromatic heterocycles. The van der Waals surface area contributed by atoms with Crippen LogP contribution >= 0.6 is 15.9 Å². The Balaban J connectivity index is 1.75. The molecule has 106 valence electrons. The van der Waals surface area contributed by atoms with E-state index in [4.69, 9.17) is 0 Å². The molecule has 0 atom stereocenters. The minimum atomic E-state index is 0.795. The lowest BCUT2D eigenvalue weighted by Crippen LogP contribution is -2.06. The van der Waals surface area contributed by atoms with Gasteiger partial charge in [-0.15, -0.1) is 0 Å². The molecule has 2 aromatic rings. The quantitative estimate of drug-likeness (QED) is 0.921. The van der Waals surface area contributed by atoms with Crippen LogP contribution < -0.4 is 5.32 Å². The van der Waals surface area contributed by atoms with Crippen molar-refractivity contribution in [2.75, 3.05) is 5.32 Å². The predicted molar refractivity (Wildman–Crippen MR) is 86.1 cm³/mol. The van der Waals surface area contributed by atoms with Crippen molar-refractivity contribution in [2.24, 2.45) is 7.05 Å². The van der Waals surface area contributed by atoms with Crippen molar-refractivity contribution < 1.29 is 0 Å². The van der Waals surface area contributed by atoms with Gasteiger partial charge in [0, 0.05) is 12.7 Å². The van der Waals surface area contributed by atoms with Crippen LogP contribution in [-0.2, 0) is 32.9 Å². The highest BCUT2D eigenvalue weighted by molar-refractivity contribution is 9.10. The van der Waals surface area contributed by atoms with E-state index in [0.717, 1.165) is 23.1 Å². The molecule has 1 aliphatic rings. The van der Waals surface area contributed by atoms with E-state index in [1.807, 2.05) is 11.7 Å². The summed E-state index contributed by atoms with van der Waals surface area (Å²) in [5.41, 5.74) is 6.55. The summed E-state index contributed by atoms with van der Waals surface area (Å²) in [6.45, 7) is 2.92. The Morgan fingerprint density at radius 2 is 2.10 bits per heavy atom. The summed E-state index contributed by atoms with van der Waals surface area (Å²) in [5.74, 6) is 0. The summed E-state index contributed by atoms with van der Waals surface area (Å²) < 4.78 is 3.10. The molecule has 0 radical (unpaired) electrons. The molecule has 1 aliphatic carbocycles. The van der Waals surface area contributed by atoms with Crippen LogP contribution in [0.1, 0.15) is 35.9 Å². The number of aryl methyl sites for hydroxylation is 4. The Bertz CT molecular complexity index is 631. The largest absolute Gasteiger partial charge is 0.379 e. The molecule has 0 aliphatic heterocycles. The molecular formula is C16H20BrN3. The molecule has 1 N–H and O–H groups in total. The van der Waals surface area contributed by atoms with Gasteiger partial charge in [0.1, 0.15) is 0 Å². The smallest absolute Gasteiger partial charge is 0.0767 e. The van der Waals surface area contributed by atoms with Crippen LogP contribution in [0, 0.1) is 0 Å². The SMILES string of the molecule is CCc1nn(C)c(CNc2ccc3c(c2)CCC3)c1Br. The third kappa shape index (κ3) is 2.49. The van der Waals surface area contributed by atoms with Crippen molar-refractivity contribution in [2.45, 2.75) is 39.2 Å². The minimum Gasteiger partial charge on any atom is -0.379 e. The maximum Gasteiger partial charge on any atom is 0.0767 e. The van der Waals surface area contributed by atoms with Crippen molar-refractivity contribution in [3.8, 4) is 0 Å². The van der Waals surface area contributed by atoms with Crippen LogP contribution in [0.5, 0.6) is 0 Å². The molecule has 0 spiro atoms. The predicted octanol–water partition coefficient (Wildman–Crippen LogP) is 3.85. The molecule has 4 heteroatoms. The van der Waals surface area contributed by atoms with Gasteiger partial charge in [-0.05, 0) is 64.9 Å². The number of benzene rings is 1. The normalized spacial score (nSPS) is 13.6. The van der Waals surface area contributed by atoms with Gasteiger partial charge in [-0.2, -0.15) is 5.10 Å². The number of hydrogen-bond donors (Lipinski definition) is 1. The van der Waals surface area contributed by atoms with E-state index in [2.05, 4.69) is 51.5 Å². The monoisotopic (exact) mass is 333 g/mol. The molecule has 0 unspecified atom stereocenters. The fourth-order valence-electron chi connectivity index (χ4n) is 2.88. The average molecular weight is 334 g/mol. The number of anilines is 1. The van der Waals surface area contributed by atoms with Crippen LogP contribution in [0.2, 0.25) is 0 Å². The average Bonchev–Trinajstić information content (AvgIpc) is 3.01. The van der Waals surface area contributed by atoms with E-state index < -0.39 is 0 Å². The van der Waals surface area contributed by atoms with E-state index in [1.165, 1.54) is 41.8 Å². The van der Waals surface area contributed by atoms with Gasteiger partial charge in [-0.3, -0.25) is 4.68 Å². The first-order valence-electron chi connectivity index (χ1n) is 7.25. The lowest BCUT2D eigenvalue weighted by atomic mass is 10.1. The van der Waals surface area contributed by atoms with Gasteiger partial charge in [0.25, 0.3) is 0 Å². The molecule has 0 saturated heterocycles. The first-order valence-corrected chi connectivity index (χ1v) is 8.04. The maximum absolute atomic E-state index is 4.53. The molecule has 3 nitrogen and oxygen atoms in total. The van der Waals surface area contributed by atoms with Gasteiger partial charge in [0.2, 0.25) is 0 Å². The highest BCUT2D eigenvalue weighted by Crippen LogP contribution is 2.26. The van der Waals surface area contributed by atoms with Crippen LogP contribution in [0.4, 0.5) is 5.69 Å². The van der Waals surface area contributed by atoms with Crippen molar-refractivity contribution in [1.82, 2.24) is 9.78 Å². The highest BCUT2D eigenvalue weighted by Gasteiger charge is 2.13. The van der Waals surface area contributed by atoms with Crippen LogP contribution in [0.3, 0.4) is 0 Å². The number of nitrogens with one attached hydrogen (secondary N) is 1. The minimum absolute atomic E-state index is 0.795. The van der Waals surface area contributed by atoms with E-state index in [9.17, 15) is 0 Å². The lowest BCUT2D eigenvalue weighted by Gasteiger charge is -2.09. The summed E-state index contributed by atoms with van der Waals surface area (Å²) in [7, 11) is 2.00. The molecule has 0 bridgehead atoms. The van der Waals surface area contributed by atoms with Crippen LogP contribution in [-0.4, -0.2) is 9.78 Å². The van der Waals surface area contributed by atoms with E-state index in [1.54, 1.807) is 0 Å². The fourth-order valence-corrected chi connectivity index (χ4v) is 3.64. The number of aromatic nitrogens is 2. The van der Waals surface area contributed by atoms with Crippen LogP contribution in [0.25, 0.3) is 0 Å². The zero-order chi connectivity index (χ0) is 14.1. The van der Waals surface area contributed by atoms with Gasteiger partial charge in [-0.1, -0.05) is 13.0 Å². The summed E-state index contributed by atoms with van der Waals surface area (Å²) in [5, 5.41) is 8.05. The lowest BCUT2D eigenvalue weighted by molar-refractivity contribution is 0.706. The van der Waals surface area contributed by atoms with E-state index in [0.29, 0.717) is 0 Å². The van der Waals surface area contributed by atoms with E-state index >= 15 is 0 Å². The van der Waals surface area contributed by atoms with Gasteiger partial charge < -0.3 is 5.32 Å². The summed E-state index contributed by atoms with van der Waals surface area (Å²) >= 11 is 3.66.